The monoisotopic (exact) mass is 469 g/mol. The van der Waals surface area contributed by atoms with Gasteiger partial charge in [-0.05, 0) is 47.5 Å². The number of aryl methyl sites for hydroxylation is 2. The van der Waals surface area contributed by atoms with Gasteiger partial charge in [0.2, 0.25) is 5.91 Å². The van der Waals surface area contributed by atoms with Crippen LogP contribution in [0.1, 0.15) is 28.9 Å². The molecule has 29 heavy (non-hydrogen) atoms. The number of carbonyl (C=O) groups excluding carboxylic acids is 1. The van der Waals surface area contributed by atoms with Crippen LogP contribution in [0.5, 0.6) is 0 Å². The summed E-state index contributed by atoms with van der Waals surface area (Å²) in [5.41, 5.74) is 1.43. The minimum absolute atomic E-state index is 0.173. The van der Waals surface area contributed by atoms with E-state index in [-0.39, 0.29) is 18.9 Å². The number of benzene rings is 1. The molecule has 1 amide bonds. The largest absolute Gasteiger partial charge is 0.416 e. The Bertz CT molecular complexity index is 1030. The number of carbonyl (C=O) groups is 1. The molecule has 2 aromatic heterocycles. The van der Waals surface area contributed by atoms with Crippen molar-refractivity contribution in [3.8, 4) is 0 Å². The first-order valence-corrected chi connectivity index (χ1v) is 9.61. The summed E-state index contributed by atoms with van der Waals surface area (Å²) in [6.07, 6.45) is -2.50. The molecule has 3 aromatic rings. The van der Waals surface area contributed by atoms with Gasteiger partial charge in [-0.2, -0.15) is 23.4 Å². The average molecular weight is 470 g/mol. The summed E-state index contributed by atoms with van der Waals surface area (Å²) in [5, 5.41) is 11.2. The molecular formula is C19H19BrF3N5O. The van der Waals surface area contributed by atoms with Gasteiger partial charge in [0.1, 0.15) is 0 Å². The van der Waals surface area contributed by atoms with Crippen molar-refractivity contribution in [3.63, 3.8) is 0 Å². The number of anilines is 1. The lowest BCUT2D eigenvalue weighted by Crippen LogP contribution is -2.16. The standard InChI is InChI=1S/C19H19BrF3N5O/c1-12-8-17(25-18(29)6-7-27-13(2)16(20)10-24-27)26-28(12)11-14-4-3-5-15(9-14)19(21,22)23/h3-5,8-10H,6-7,11H2,1-2H3,(H,25,26,29). The maximum atomic E-state index is 12.9. The number of rotatable bonds is 6. The maximum Gasteiger partial charge on any atom is 0.416 e. The fourth-order valence-corrected chi connectivity index (χ4v) is 3.11. The Balaban J connectivity index is 1.63. The Morgan fingerprint density at radius 1 is 1.21 bits per heavy atom. The molecule has 0 saturated heterocycles. The van der Waals surface area contributed by atoms with E-state index < -0.39 is 11.7 Å². The van der Waals surface area contributed by atoms with E-state index in [2.05, 4.69) is 31.4 Å². The highest BCUT2D eigenvalue weighted by Gasteiger charge is 2.30. The number of alkyl halides is 3. The van der Waals surface area contributed by atoms with Crippen LogP contribution >= 0.6 is 15.9 Å². The Hall–Kier alpha value is -2.62. The summed E-state index contributed by atoms with van der Waals surface area (Å²) in [6, 6.07) is 6.80. The Kier molecular flexibility index (Phi) is 6.11. The Morgan fingerprint density at radius 3 is 2.62 bits per heavy atom. The summed E-state index contributed by atoms with van der Waals surface area (Å²) in [5.74, 6) is 0.137. The van der Waals surface area contributed by atoms with Crippen molar-refractivity contribution >= 4 is 27.7 Å². The number of halogens is 4. The molecule has 0 fully saturated rings. The summed E-state index contributed by atoms with van der Waals surface area (Å²) < 4.78 is 42.8. The first-order valence-electron chi connectivity index (χ1n) is 8.82. The lowest BCUT2D eigenvalue weighted by molar-refractivity contribution is -0.137. The minimum Gasteiger partial charge on any atom is -0.309 e. The van der Waals surface area contributed by atoms with Crippen LogP contribution in [-0.4, -0.2) is 25.5 Å². The van der Waals surface area contributed by atoms with E-state index in [1.165, 1.54) is 6.07 Å². The highest BCUT2D eigenvalue weighted by Crippen LogP contribution is 2.29. The lowest BCUT2D eigenvalue weighted by Gasteiger charge is -2.09. The Labute approximate surface area is 173 Å². The van der Waals surface area contributed by atoms with Crippen LogP contribution in [0.25, 0.3) is 0 Å². The van der Waals surface area contributed by atoms with Crippen LogP contribution in [-0.2, 0) is 24.1 Å². The highest BCUT2D eigenvalue weighted by atomic mass is 79.9. The van der Waals surface area contributed by atoms with Gasteiger partial charge in [0.15, 0.2) is 5.82 Å². The van der Waals surface area contributed by atoms with Gasteiger partial charge in [-0.25, -0.2) is 0 Å². The first kappa shape index (κ1) is 21.1. The van der Waals surface area contributed by atoms with Crippen molar-refractivity contribution in [2.45, 2.75) is 39.5 Å². The molecule has 3 rings (SSSR count). The van der Waals surface area contributed by atoms with Gasteiger partial charge in [0, 0.05) is 23.9 Å². The van der Waals surface area contributed by atoms with E-state index >= 15 is 0 Å². The van der Waals surface area contributed by atoms with E-state index in [1.54, 1.807) is 34.6 Å². The molecule has 0 aliphatic rings. The first-order chi connectivity index (χ1) is 13.6. The third kappa shape index (κ3) is 5.26. The average Bonchev–Trinajstić information content (AvgIpc) is 3.15. The fraction of sp³-hybridized carbons (Fsp3) is 0.316. The maximum absolute atomic E-state index is 12.9. The van der Waals surface area contributed by atoms with Crippen LogP contribution in [0.4, 0.5) is 19.0 Å². The van der Waals surface area contributed by atoms with Gasteiger partial charge in [0.25, 0.3) is 0 Å². The van der Waals surface area contributed by atoms with Crippen molar-refractivity contribution in [3.05, 3.63) is 63.5 Å². The van der Waals surface area contributed by atoms with Gasteiger partial charge in [-0.1, -0.05) is 12.1 Å². The molecule has 0 unspecified atom stereocenters. The van der Waals surface area contributed by atoms with Crippen molar-refractivity contribution in [1.29, 1.82) is 0 Å². The molecule has 10 heteroatoms. The summed E-state index contributed by atoms with van der Waals surface area (Å²) in [6.45, 7) is 4.27. The van der Waals surface area contributed by atoms with Gasteiger partial charge in [-0.15, -0.1) is 0 Å². The zero-order valence-electron chi connectivity index (χ0n) is 15.8. The highest BCUT2D eigenvalue weighted by molar-refractivity contribution is 9.10. The zero-order chi connectivity index (χ0) is 21.2. The van der Waals surface area contributed by atoms with Gasteiger partial charge >= 0.3 is 6.18 Å². The lowest BCUT2D eigenvalue weighted by atomic mass is 10.1. The van der Waals surface area contributed by atoms with Crippen LogP contribution in [0.15, 0.2) is 41.0 Å². The number of aromatic nitrogens is 4. The summed E-state index contributed by atoms with van der Waals surface area (Å²) >= 11 is 3.37. The predicted molar refractivity (Wildman–Crippen MR) is 105 cm³/mol. The summed E-state index contributed by atoms with van der Waals surface area (Å²) in [4.78, 5) is 12.2. The molecule has 0 spiro atoms. The molecular weight excluding hydrogens is 451 g/mol. The molecule has 0 saturated carbocycles. The van der Waals surface area contributed by atoms with Crippen LogP contribution < -0.4 is 5.32 Å². The molecule has 1 aromatic carbocycles. The molecule has 0 radical (unpaired) electrons. The van der Waals surface area contributed by atoms with Crippen LogP contribution in [0.3, 0.4) is 0 Å². The van der Waals surface area contributed by atoms with Crippen molar-refractivity contribution in [2.75, 3.05) is 5.32 Å². The molecule has 2 heterocycles. The topological polar surface area (TPSA) is 64.7 Å². The van der Waals surface area contributed by atoms with Gasteiger partial charge < -0.3 is 5.32 Å². The van der Waals surface area contributed by atoms with Crippen molar-refractivity contribution in [2.24, 2.45) is 0 Å². The normalized spacial score (nSPS) is 11.7. The van der Waals surface area contributed by atoms with Crippen molar-refractivity contribution in [1.82, 2.24) is 19.6 Å². The predicted octanol–water partition coefficient (Wildman–Crippen LogP) is 4.55. The van der Waals surface area contributed by atoms with Gasteiger partial charge in [-0.3, -0.25) is 14.2 Å². The molecule has 0 atom stereocenters. The molecule has 0 aliphatic carbocycles. The van der Waals surface area contributed by atoms with Crippen LogP contribution in [0.2, 0.25) is 0 Å². The molecule has 154 valence electrons. The van der Waals surface area contributed by atoms with E-state index in [0.717, 1.165) is 28.0 Å². The SMILES string of the molecule is Cc1cc(NC(=O)CCn2ncc(Br)c2C)nn1Cc1cccc(C(F)(F)F)c1. The van der Waals surface area contributed by atoms with E-state index in [9.17, 15) is 18.0 Å². The third-order valence-corrected chi connectivity index (χ3v) is 5.21. The fourth-order valence-electron chi connectivity index (χ4n) is 2.81. The second kappa shape index (κ2) is 8.40. The second-order valence-electron chi connectivity index (χ2n) is 6.63. The number of amides is 1. The number of hydrogen-bond donors (Lipinski definition) is 1. The second-order valence-corrected chi connectivity index (χ2v) is 7.48. The molecule has 0 aliphatic heterocycles. The molecule has 6 nitrogen and oxygen atoms in total. The smallest absolute Gasteiger partial charge is 0.309 e. The van der Waals surface area contributed by atoms with Crippen molar-refractivity contribution < 1.29 is 18.0 Å². The molecule has 0 bridgehead atoms. The quantitative estimate of drug-likeness (QED) is 0.575. The minimum atomic E-state index is -4.39. The third-order valence-electron chi connectivity index (χ3n) is 4.43. The number of hydrogen-bond acceptors (Lipinski definition) is 3. The van der Waals surface area contributed by atoms with Gasteiger partial charge in [0.05, 0.1) is 29.3 Å². The Morgan fingerprint density at radius 2 is 1.97 bits per heavy atom. The molecule has 1 N–H and O–H groups in total. The van der Waals surface area contributed by atoms with E-state index in [4.69, 9.17) is 0 Å². The number of nitrogens with one attached hydrogen (secondary N) is 1. The van der Waals surface area contributed by atoms with E-state index in [1.807, 2.05) is 6.92 Å². The van der Waals surface area contributed by atoms with E-state index in [0.29, 0.717) is 17.9 Å². The zero-order valence-corrected chi connectivity index (χ0v) is 17.4. The number of nitrogens with zero attached hydrogens (tertiary/aromatic N) is 4. The van der Waals surface area contributed by atoms with Crippen LogP contribution in [0, 0.1) is 13.8 Å². The summed E-state index contributed by atoms with van der Waals surface area (Å²) in [7, 11) is 0.